The van der Waals surface area contributed by atoms with Crippen molar-refractivity contribution < 1.29 is 19.4 Å². The Morgan fingerprint density at radius 2 is 1.80 bits per heavy atom. The van der Waals surface area contributed by atoms with Crippen LogP contribution < -0.4 is 9.47 Å². The molecule has 2 atom stereocenters. The number of hydrogen-bond donors (Lipinski definition) is 1. The lowest BCUT2D eigenvalue weighted by Gasteiger charge is -2.40. The summed E-state index contributed by atoms with van der Waals surface area (Å²) >= 11 is 0. The minimum atomic E-state index is -0.370. The predicted octanol–water partition coefficient (Wildman–Crippen LogP) is 2.88. The molecule has 1 heterocycles. The smallest absolute Gasteiger partial charge is 0.228 e. The van der Waals surface area contributed by atoms with Gasteiger partial charge in [-0.25, -0.2) is 0 Å². The Labute approximate surface area is 147 Å². The van der Waals surface area contributed by atoms with E-state index in [0.29, 0.717) is 11.5 Å². The monoisotopic (exact) mass is 341 g/mol. The van der Waals surface area contributed by atoms with E-state index in [2.05, 4.69) is 0 Å². The van der Waals surface area contributed by atoms with Crippen LogP contribution >= 0.6 is 0 Å². The Hall–Kier alpha value is -2.53. The average molecular weight is 341 g/mol. The lowest BCUT2D eigenvalue weighted by molar-refractivity contribution is -0.137. The molecule has 0 fully saturated rings. The second-order valence-corrected chi connectivity index (χ2v) is 6.17. The number of rotatable bonds is 5. The normalized spacial score (nSPS) is 17.8. The standard InChI is InChI=1S/C20H23NO4/c1-13-16-11-19(25-3)18(24-2)9-15(16)10-20(23)21(13)17(12-22)14-7-5-4-6-8-14/h4-9,11,13,17,22H,10,12H2,1-3H3/t13-,17-/m1/s1. The number of methoxy groups -OCH3 is 2. The quantitative estimate of drug-likeness (QED) is 0.908. The first-order valence-electron chi connectivity index (χ1n) is 8.32. The van der Waals surface area contributed by atoms with Crippen molar-refractivity contribution in [2.75, 3.05) is 20.8 Å². The largest absolute Gasteiger partial charge is 0.493 e. The molecule has 132 valence electrons. The van der Waals surface area contributed by atoms with Crippen molar-refractivity contribution >= 4 is 5.91 Å². The molecule has 1 aliphatic heterocycles. The third-order valence-corrected chi connectivity index (χ3v) is 4.84. The van der Waals surface area contributed by atoms with E-state index in [1.165, 1.54) is 0 Å². The Morgan fingerprint density at radius 1 is 1.16 bits per heavy atom. The van der Waals surface area contributed by atoms with Gasteiger partial charge in [-0.1, -0.05) is 30.3 Å². The number of carbonyl (C=O) groups excluding carboxylic acids is 1. The van der Waals surface area contributed by atoms with Crippen LogP contribution in [0.2, 0.25) is 0 Å². The highest BCUT2D eigenvalue weighted by molar-refractivity contribution is 5.82. The van der Waals surface area contributed by atoms with E-state index in [9.17, 15) is 9.90 Å². The van der Waals surface area contributed by atoms with Crippen molar-refractivity contribution in [3.63, 3.8) is 0 Å². The molecule has 0 unspecified atom stereocenters. The highest BCUT2D eigenvalue weighted by Gasteiger charge is 2.35. The summed E-state index contributed by atoms with van der Waals surface area (Å²) in [4.78, 5) is 14.6. The molecular formula is C20H23NO4. The van der Waals surface area contributed by atoms with Crippen molar-refractivity contribution in [1.29, 1.82) is 0 Å². The Balaban J connectivity index is 2.03. The van der Waals surface area contributed by atoms with Crippen molar-refractivity contribution in [3.05, 3.63) is 59.2 Å². The molecule has 2 aromatic carbocycles. The third-order valence-electron chi connectivity index (χ3n) is 4.84. The minimum absolute atomic E-state index is 0.00452. The molecule has 2 aromatic rings. The molecule has 3 rings (SSSR count). The summed E-state index contributed by atoms with van der Waals surface area (Å²) < 4.78 is 10.8. The molecule has 0 radical (unpaired) electrons. The number of nitrogens with zero attached hydrogens (tertiary/aromatic N) is 1. The van der Waals surface area contributed by atoms with Gasteiger partial charge in [-0.05, 0) is 35.7 Å². The molecule has 0 spiro atoms. The zero-order chi connectivity index (χ0) is 18.0. The number of amides is 1. The molecule has 0 saturated heterocycles. The van der Waals surface area contributed by atoms with E-state index >= 15 is 0 Å². The maximum absolute atomic E-state index is 12.8. The number of carbonyl (C=O) groups is 1. The molecule has 1 amide bonds. The van der Waals surface area contributed by atoms with Gasteiger partial charge < -0.3 is 19.5 Å². The highest BCUT2D eigenvalue weighted by Crippen LogP contribution is 2.41. The first-order valence-corrected chi connectivity index (χ1v) is 8.32. The molecule has 1 N–H and O–H groups in total. The van der Waals surface area contributed by atoms with E-state index in [4.69, 9.17) is 9.47 Å². The number of aliphatic hydroxyl groups excluding tert-OH is 1. The molecule has 0 saturated carbocycles. The van der Waals surface area contributed by atoms with Crippen LogP contribution in [0.25, 0.3) is 0 Å². The van der Waals surface area contributed by atoms with Crippen LogP contribution in [0.4, 0.5) is 0 Å². The summed E-state index contributed by atoms with van der Waals surface area (Å²) in [5.74, 6) is 1.26. The van der Waals surface area contributed by atoms with Crippen LogP contribution in [0.5, 0.6) is 11.5 Å². The first kappa shape index (κ1) is 17.3. The van der Waals surface area contributed by atoms with Crippen LogP contribution in [0.3, 0.4) is 0 Å². The van der Waals surface area contributed by atoms with Crippen molar-refractivity contribution in [2.45, 2.75) is 25.4 Å². The van der Waals surface area contributed by atoms with Gasteiger partial charge in [0.15, 0.2) is 11.5 Å². The maximum Gasteiger partial charge on any atom is 0.228 e. The van der Waals surface area contributed by atoms with Crippen LogP contribution in [-0.4, -0.2) is 36.7 Å². The fraction of sp³-hybridized carbons (Fsp3) is 0.350. The summed E-state index contributed by atoms with van der Waals surface area (Å²) in [6, 6.07) is 12.9. The van der Waals surface area contributed by atoms with E-state index < -0.39 is 0 Å². The van der Waals surface area contributed by atoms with Gasteiger partial charge in [-0.3, -0.25) is 4.79 Å². The highest BCUT2D eigenvalue weighted by atomic mass is 16.5. The van der Waals surface area contributed by atoms with Gasteiger partial charge in [-0.15, -0.1) is 0 Å². The fourth-order valence-electron chi connectivity index (χ4n) is 3.57. The third kappa shape index (κ3) is 3.07. The van der Waals surface area contributed by atoms with E-state index in [1.54, 1.807) is 19.1 Å². The minimum Gasteiger partial charge on any atom is -0.493 e. The van der Waals surface area contributed by atoms with E-state index in [1.807, 2.05) is 49.4 Å². The van der Waals surface area contributed by atoms with E-state index in [-0.39, 0.29) is 31.0 Å². The zero-order valence-corrected chi connectivity index (χ0v) is 14.7. The summed E-state index contributed by atoms with van der Waals surface area (Å²) in [5.41, 5.74) is 2.89. The lowest BCUT2D eigenvalue weighted by atomic mass is 9.90. The molecule has 25 heavy (non-hydrogen) atoms. The Bertz CT molecular complexity index is 760. The van der Waals surface area contributed by atoms with Gasteiger partial charge in [0.05, 0.1) is 39.3 Å². The van der Waals surface area contributed by atoms with Crippen LogP contribution in [-0.2, 0) is 11.2 Å². The van der Waals surface area contributed by atoms with Crippen LogP contribution in [0.1, 0.15) is 35.7 Å². The van der Waals surface area contributed by atoms with Gasteiger partial charge in [0, 0.05) is 0 Å². The van der Waals surface area contributed by atoms with E-state index in [0.717, 1.165) is 16.7 Å². The molecule has 0 aliphatic carbocycles. The fourth-order valence-corrected chi connectivity index (χ4v) is 3.57. The predicted molar refractivity (Wildman–Crippen MR) is 94.8 cm³/mol. The van der Waals surface area contributed by atoms with Crippen LogP contribution in [0.15, 0.2) is 42.5 Å². The summed E-state index contributed by atoms with van der Waals surface area (Å²) in [7, 11) is 3.18. The number of hydrogen-bond acceptors (Lipinski definition) is 4. The molecule has 5 nitrogen and oxygen atoms in total. The summed E-state index contributed by atoms with van der Waals surface area (Å²) in [6.45, 7) is 1.86. The lowest BCUT2D eigenvalue weighted by Crippen LogP contribution is -2.43. The van der Waals surface area contributed by atoms with Gasteiger partial charge in [0.2, 0.25) is 5.91 Å². The number of fused-ring (bicyclic) bond motifs is 1. The second-order valence-electron chi connectivity index (χ2n) is 6.17. The topological polar surface area (TPSA) is 59.0 Å². The Kier molecular flexibility index (Phi) is 4.95. The zero-order valence-electron chi connectivity index (χ0n) is 14.7. The van der Waals surface area contributed by atoms with Gasteiger partial charge in [0.25, 0.3) is 0 Å². The van der Waals surface area contributed by atoms with Crippen LogP contribution in [0, 0.1) is 0 Å². The van der Waals surface area contributed by atoms with Crippen molar-refractivity contribution in [2.24, 2.45) is 0 Å². The molecular weight excluding hydrogens is 318 g/mol. The first-order chi connectivity index (χ1) is 12.1. The van der Waals surface area contributed by atoms with Gasteiger partial charge >= 0.3 is 0 Å². The number of ether oxygens (including phenoxy) is 2. The Morgan fingerprint density at radius 3 is 2.40 bits per heavy atom. The van der Waals surface area contributed by atoms with Crippen molar-refractivity contribution in [3.8, 4) is 11.5 Å². The van der Waals surface area contributed by atoms with Gasteiger partial charge in [-0.2, -0.15) is 0 Å². The average Bonchev–Trinajstić information content (AvgIpc) is 2.64. The summed E-state index contributed by atoms with van der Waals surface area (Å²) in [6.07, 6.45) is 0.281. The molecule has 0 bridgehead atoms. The van der Waals surface area contributed by atoms with Gasteiger partial charge in [0.1, 0.15) is 0 Å². The van der Waals surface area contributed by atoms with Crippen molar-refractivity contribution in [1.82, 2.24) is 4.90 Å². The molecule has 1 aliphatic rings. The second kappa shape index (κ2) is 7.15. The molecule has 5 heteroatoms. The number of benzene rings is 2. The maximum atomic E-state index is 12.8. The number of aliphatic hydroxyl groups is 1. The molecule has 0 aromatic heterocycles. The summed E-state index contributed by atoms with van der Waals surface area (Å²) in [5, 5.41) is 9.96. The SMILES string of the molecule is COc1cc2c(cc1OC)[C@@H](C)N([C@H](CO)c1ccccc1)C(=O)C2.